The zero-order valence-electron chi connectivity index (χ0n) is 17.1. The number of carbonyl (C=O) groups excluding carboxylic acids is 1. The third-order valence-corrected chi connectivity index (χ3v) is 4.72. The van der Waals surface area contributed by atoms with Crippen molar-refractivity contribution in [1.29, 1.82) is 0 Å². The summed E-state index contributed by atoms with van der Waals surface area (Å²) in [5, 5.41) is 10.8. The van der Waals surface area contributed by atoms with Gasteiger partial charge in [0.15, 0.2) is 11.7 Å². The van der Waals surface area contributed by atoms with Gasteiger partial charge in [0.05, 0.1) is 13.2 Å². The number of piperidine rings is 1. The van der Waals surface area contributed by atoms with Gasteiger partial charge in [0.1, 0.15) is 5.69 Å². The van der Waals surface area contributed by atoms with E-state index in [4.69, 9.17) is 9.26 Å². The van der Waals surface area contributed by atoms with Gasteiger partial charge in [0.25, 0.3) is 0 Å². The van der Waals surface area contributed by atoms with Gasteiger partial charge >= 0.3 is 6.09 Å². The molecule has 2 aromatic rings. The van der Waals surface area contributed by atoms with Crippen molar-refractivity contribution in [1.82, 2.24) is 20.7 Å². The highest BCUT2D eigenvalue weighted by Crippen LogP contribution is 2.20. The summed E-state index contributed by atoms with van der Waals surface area (Å²) in [7, 11) is 0. The molecule has 0 aliphatic carbocycles. The lowest BCUT2D eigenvalue weighted by atomic mass is 10.1. The molecular weight excluding hydrogens is 370 g/mol. The molecule has 2 heterocycles. The van der Waals surface area contributed by atoms with E-state index in [0.29, 0.717) is 26.2 Å². The van der Waals surface area contributed by atoms with Crippen molar-refractivity contribution in [2.75, 3.05) is 26.2 Å². The third kappa shape index (κ3) is 5.97. The second-order valence-corrected chi connectivity index (χ2v) is 6.85. The van der Waals surface area contributed by atoms with Gasteiger partial charge in [-0.05, 0) is 26.7 Å². The smallest absolute Gasteiger partial charge is 0.409 e. The van der Waals surface area contributed by atoms with Crippen molar-refractivity contribution >= 4 is 12.1 Å². The van der Waals surface area contributed by atoms with Crippen molar-refractivity contribution in [3.8, 4) is 11.3 Å². The van der Waals surface area contributed by atoms with Crippen LogP contribution in [-0.4, -0.2) is 54.4 Å². The molecule has 1 aliphatic rings. The summed E-state index contributed by atoms with van der Waals surface area (Å²) in [6.45, 7) is 6.81. The highest BCUT2D eigenvalue weighted by molar-refractivity contribution is 5.80. The molecule has 8 heteroatoms. The highest BCUT2D eigenvalue weighted by atomic mass is 16.6. The van der Waals surface area contributed by atoms with Crippen LogP contribution in [0.25, 0.3) is 11.3 Å². The minimum Gasteiger partial charge on any atom is -0.450 e. The molecule has 3 rings (SSSR count). The van der Waals surface area contributed by atoms with Crippen molar-refractivity contribution in [3.63, 3.8) is 0 Å². The van der Waals surface area contributed by atoms with E-state index in [2.05, 4.69) is 20.8 Å². The standard InChI is InChI=1S/C21H29N5O3/c1-3-22-20(24-17-10-12-26(13-11-17)21(27)28-4-2)23-15-18-14-19(29-25-18)16-8-6-5-7-9-16/h5-9,14,17H,3-4,10-13,15H2,1-2H3,(H2,22,23,24). The molecule has 29 heavy (non-hydrogen) atoms. The maximum atomic E-state index is 11.8. The maximum absolute atomic E-state index is 11.8. The van der Waals surface area contributed by atoms with E-state index < -0.39 is 0 Å². The molecule has 0 atom stereocenters. The van der Waals surface area contributed by atoms with Crippen molar-refractivity contribution < 1.29 is 14.1 Å². The Morgan fingerprint density at radius 2 is 2.03 bits per heavy atom. The molecule has 8 nitrogen and oxygen atoms in total. The van der Waals surface area contributed by atoms with Crippen LogP contribution in [-0.2, 0) is 11.3 Å². The monoisotopic (exact) mass is 399 g/mol. The van der Waals surface area contributed by atoms with Crippen LogP contribution < -0.4 is 10.6 Å². The third-order valence-electron chi connectivity index (χ3n) is 4.72. The van der Waals surface area contributed by atoms with E-state index in [-0.39, 0.29) is 12.1 Å². The minimum absolute atomic E-state index is 0.230. The van der Waals surface area contributed by atoms with Gasteiger partial charge in [-0.15, -0.1) is 0 Å². The first-order chi connectivity index (χ1) is 14.2. The molecule has 2 N–H and O–H groups in total. The first-order valence-corrected chi connectivity index (χ1v) is 10.2. The molecular formula is C21H29N5O3. The Kier molecular flexibility index (Phi) is 7.49. The number of aliphatic imine (C=N–C) groups is 1. The number of amides is 1. The van der Waals surface area contributed by atoms with Crippen LogP contribution in [0.4, 0.5) is 4.79 Å². The molecule has 0 radical (unpaired) electrons. The zero-order chi connectivity index (χ0) is 20.5. The van der Waals surface area contributed by atoms with Crippen LogP contribution in [0.5, 0.6) is 0 Å². The lowest BCUT2D eigenvalue weighted by Gasteiger charge is -2.32. The summed E-state index contributed by atoms with van der Waals surface area (Å²) in [5.41, 5.74) is 1.77. The molecule has 1 fully saturated rings. The Morgan fingerprint density at radius 1 is 1.28 bits per heavy atom. The van der Waals surface area contributed by atoms with Crippen molar-refractivity contribution in [2.45, 2.75) is 39.3 Å². The molecule has 0 bridgehead atoms. The van der Waals surface area contributed by atoms with E-state index in [9.17, 15) is 4.79 Å². The summed E-state index contributed by atoms with van der Waals surface area (Å²) in [4.78, 5) is 18.2. The summed E-state index contributed by atoms with van der Waals surface area (Å²) in [6, 6.07) is 12.1. The second-order valence-electron chi connectivity index (χ2n) is 6.85. The van der Waals surface area contributed by atoms with Crippen LogP contribution in [0.15, 0.2) is 45.9 Å². The highest BCUT2D eigenvalue weighted by Gasteiger charge is 2.24. The molecule has 1 aromatic heterocycles. The Hall–Kier alpha value is -3.03. The Balaban J connectivity index is 1.54. The molecule has 1 saturated heterocycles. The van der Waals surface area contributed by atoms with E-state index in [1.54, 1.807) is 4.90 Å². The van der Waals surface area contributed by atoms with Gasteiger partial charge in [-0.1, -0.05) is 35.5 Å². The number of aromatic nitrogens is 1. The van der Waals surface area contributed by atoms with Gasteiger partial charge < -0.3 is 24.8 Å². The lowest BCUT2D eigenvalue weighted by Crippen LogP contribution is -2.49. The molecule has 1 aliphatic heterocycles. The van der Waals surface area contributed by atoms with E-state index in [1.165, 1.54) is 0 Å². The number of guanidine groups is 1. The normalized spacial score (nSPS) is 15.2. The fraction of sp³-hybridized carbons (Fsp3) is 0.476. The van der Waals surface area contributed by atoms with Crippen LogP contribution in [0, 0.1) is 0 Å². The molecule has 0 unspecified atom stereocenters. The molecule has 1 aromatic carbocycles. The number of carbonyl (C=O) groups is 1. The first kappa shape index (κ1) is 20.7. The first-order valence-electron chi connectivity index (χ1n) is 10.2. The second kappa shape index (κ2) is 10.5. The fourth-order valence-corrected chi connectivity index (χ4v) is 3.22. The summed E-state index contributed by atoms with van der Waals surface area (Å²) < 4.78 is 10.5. The number of hydrogen-bond donors (Lipinski definition) is 2. The topological polar surface area (TPSA) is 92.0 Å². The van der Waals surface area contributed by atoms with Gasteiger partial charge in [0.2, 0.25) is 0 Å². The van der Waals surface area contributed by atoms with E-state index in [1.807, 2.05) is 50.2 Å². The SMILES string of the molecule is CCNC(=NCc1cc(-c2ccccc2)on1)NC1CCN(C(=O)OCC)CC1. The average Bonchev–Trinajstić information content (AvgIpc) is 3.23. The largest absolute Gasteiger partial charge is 0.450 e. The lowest BCUT2D eigenvalue weighted by molar-refractivity contribution is 0.0963. The number of benzene rings is 1. The van der Waals surface area contributed by atoms with Crippen LogP contribution in [0.2, 0.25) is 0 Å². The minimum atomic E-state index is -0.230. The summed E-state index contributed by atoms with van der Waals surface area (Å²) in [6.07, 6.45) is 1.48. The maximum Gasteiger partial charge on any atom is 0.409 e. The number of nitrogens with zero attached hydrogens (tertiary/aromatic N) is 3. The Bertz CT molecular complexity index is 798. The van der Waals surface area contributed by atoms with Gasteiger partial charge in [0, 0.05) is 37.3 Å². The molecule has 1 amide bonds. The number of nitrogens with one attached hydrogen (secondary N) is 2. The summed E-state index contributed by atoms with van der Waals surface area (Å²) >= 11 is 0. The van der Waals surface area contributed by atoms with Crippen LogP contribution in [0.1, 0.15) is 32.4 Å². The van der Waals surface area contributed by atoms with Crippen molar-refractivity contribution in [2.24, 2.45) is 4.99 Å². The number of rotatable bonds is 6. The van der Waals surface area contributed by atoms with E-state index in [0.717, 1.165) is 42.4 Å². The van der Waals surface area contributed by atoms with Crippen molar-refractivity contribution in [3.05, 3.63) is 42.1 Å². The van der Waals surface area contributed by atoms with Gasteiger partial charge in [-0.25, -0.2) is 9.79 Å². The molecule has 156 valence electrons. The van der Waals surface area contributed by atoms with Gasteiger partial charge in [-0.2, -0.15) is 0 Å². The number of ether oxygens (including phenoxy) is 1. The Labute approximate surface area is 171 Å². The number of hydrogen-bond acceptors (Lipinski definition) is 5. The fourth-order valence-electron chi connectivity index (χ4n) is 3.22. The van der Waals surface area contributed by atoms with E-state index >= 15 is 0 Å². The quantitative estimate of drug-likeness (QED) is 0.573. The Morgan fingerprint density at radius 3 is 2.72 bits per heavy atom. The van der Waals surface area contributed by atoms with Crippen LogP contribution in [0.3, 0.4) is 0 Å². The average molecular weight is 399 g/mol. The summed E-state index contributed by atoms with van der Waals surface area (Å²) in [5.74, 6) is 1.48. The predicted octanol–water partition coefficient (Wildman–Crippen LogP) is 3.02. The molecule has 0 saturated carbocycles. The molecule has 0 spiro atoms. The predicted molar refractivity (Wildman–Crippen MR) is 112 cm³/mol. The number of likely N-dealkylation sites (tertiary alicyclic amines) is 1. The van der Waals surface area contributed by atoms with Crippen LogP contribution >= 0.6 is 0 Å². The van der Waals surface area contributed by atoms with Gasteiger partial charge in [-0.3, -0.25) is 0 Å². The zero-order valence-corrected chi connectivity index (χ0v) is 17.1.